The molecule has 0 aliphatic heterocycles. The largest absolute Gasteiger partial charge is 0.345 e. The van der Waals surface area contributed by atoms with Gasteiger partial charge in [-0.1, -0.05) is 59.8 Å². The molecular formula is C25H26ClN5O2S. The number of aromatic nitrogens is 3. The van der Waals surface area contributed by atoms with Crippen LogP contribution >= 0.6 is 23.4 Å². The summed E-state index contributed by atoms with van der Waals surface area (Å²) in [6, 6.07) is 13.2. The molecule has 0 saturated heterocycles. The number of allylic oxidation sites excluding steroid dienone is 1. The first kappa shape index (κ1) is 25.3. The van der Waals surface area contributed by atoms with E-state index in [1.807, 2.05) is 54.8 Å². The standard InChI is InChI=1S/C25H26ClN5O2S/c1-4-13-31-22(15-27-23(32)12-11-19-7-5-6-8-20(19)26)29-30-25(31)34-16-24(33)28-21-14-17(2)9-10-18(21)3/h4-12,14H,1,13,15-16H2,2-3H3,(H,27,32)(H,28,33). The second-order valence-corrected chi connectivity index (χ2v) is 8.88. The van der Waals surface area contributed by atoms with E-state index in [4.69, 9.17) is 11.6 Å². The maximum Gasteiger partial charge on any atom is 0.244 e. The number of carbonyl (C=O) groups is 2. The number of thioether (sulfide) groups is 1. The van der Waals surface area contributed by atoms with Crippen molar-refractivity contribution in [3.05, 3.63) is 88.7 Å². The van der Waals surface area contributed by atoms with Crippen molar-refractivity contribution in [2.45, 2.75) is 32.1 Å². The molecule has 1 heterocycles. The summed E-state index contributed by atoms with van der Waals surface area (Å²) in [6.07, 6.45) is 4.79. The molecule has 1 aromatic heterocycles. The van der Waals surface area contributed by atoms with Crippen LogP contribution in [0.25, 0.3) is 6.08 Å². The molecule has 2 amide bonds. The number of hydrogen-bond donors (Lipinski definition) is 2. The zero-order valence-corrected chi connectivity index (χ0v) is 20.6. The summed E-state index contributed by atoms with van der Waals surface area (Å²) in [5.41, 5.74) is 3.63. The summed E-state index contributed by atoms with van der Waals surface area (Å²) >= 11 is 7.38. The maximum absolute atomic E-state index is 12.5. The SMILES string of the molecule is C=CCn1c(CNC(=O)C=Cc2ccccc2Cl)nnc1SCC(=O)Nc1cc(C)ccc1C. The Morgan fingerprint density at radius 2 is 1.97 bits per heavy atom. The quantitative estimate of drug-likeness (QED) is 0.240. The van der Waals surface area contributed by atoms with Gasteiger partial charge in [-0.3, -0.25) is 9.59 Å². The van der Waals surface area contributed by atoms with Crippen molar-refractivity contribution in [1.29, 1.82) is 0 Å². The Hall–Kier alpha value is -3.36. The number of carbonyl (C=O) groups excluding carboxylic acids is 2. The average Bonchev–Trinajstić information content (AvgIpc) is 3.20. The summed E-state index contributed by atoms with van der Waals surface area (Å²) in [5.74, 6) is 0.327. The number of amides is 2. The van der Waals surface area contributed by atoms with Crippen molar-refractivity contribution in [3.63, 3.8) is 0 Å². The Balaban J connectivity index is 1.58. The third kappa shape index (κ3) is 7.07. The van der Waals surface area contributed by atoms with Crippen LogP contribution in [0.5, 0.6) is 0 Å². The molecule has 0 aliphatic carbocycles. The van der Waals surface area contributed by atoms with Gasteiger partial charge in [-0.15, -0.1) is 16.8 Å². The second-order valence-electron chi connectivity index (χ2n) is 7.53. The summed E-state index contributed by atoms with van der Waals surface area (Å²) < 4.78 is 1.82. The highest BCUT2D eigenvalue weighted by atomic mass is 35.5. The van der Waals surface area contributed by atoms with Gasteiger partial charge in [0.15, 0.2) is 11.0 Å². The average molecular weight is 496 g/mol. The monoisotopic (exact) mass is 495 g/mol. The van der Waals surface area contributed by atoms with Gasteiger partial charge in [-0.2, -0.15) is 0 Å². The predicted molar refractivity (Wildman–Crippen MR) is 138 cm³/mol. The fourth-order valence-corrected chi connectivity index (χ4v) is 4.02. The molecular weight excluding hydrogens is 470 g/mol. The van der Waals surface area contributed by atoms with Crippen molar-refractivity contribution in [1.82, 2.24) is 20.1 Å². The van der Waals surface area contributed by atoms with E-state index in [9.17, 15) is 9.59 Å². The Morgan fingerprint density at radius 3 is 2.74 bits per heavy atom. The van der Waals surface area contributed by atoms with E-state index in [2.05, 4.69) is 27.4 Å². The number of anilines is 1. The second kappa shape index (κ2) is 12.2. The van der Waals surface area contributed by atoms with Crippen LogP contribution in [-0.2, 0) is 22.7 Å². The first-order valence-corrected chi connectivity index (χ1v) is 12.0. The van der Waals surface area contributed by atoms with Crippen LogP contribution in [0.1, 0.15) is 22.5 Å². The molecule has 2 N–H and O–H groups in total. The van der Waals surface area contributed by atoms with E-state index in [-0.39, 0.29) is 24.1 Å². The number of nitrogens with zero attached hydrogens (tertiary/aromatic N) is 3. The number of benzene rings is 2. The summed E-state index contributed by atoms with van der Waals surface area (Å²) in [7, 11) is 0. The highest BCUT2D eigenvalue weighted by Crippen LogP contribution is 2.20. The molecule has 0 fully saturated rings. The molecule has 34 heavy (non-hydrogen) atoms. The predicted octanol–water partition coefficient (Wildman–Crippen LogP) is 4.79. The van der Waals surface area contributed by atoms with E-state index in [1.165, 1.54) is 17.8 Å². The molecule has 0 aliphatic rings. The minimum absolute atomic E-state index is 0.133. The van der Waals surface area contributed by atoms with Gasteiger partial charge in [0.05, 0.1) is 12.3 Å². The van der Waals surface area contributed by atoms with Crippen molar-refractivity contribution in [2.24, 2.45) is 0 Å². The normalized spacial score (nSPS) is 10.9. The minimum Gasteiger partial charge on any atom is -0.345 e. The first-order chi connectivity index (χ1) is 16.4. The number of rotatable bonds is 10. The van der Waals surface area contributed by atoms with Crippen LogP contribution in [-0.4, -0.2) is 32.3 Å². The minimum atomic E-state index is -0.282. The van der Waals surface area contributed by atoms with Gasteiger partial charge in [0.1, 0.15) is 0 Å². The summed E-state index contributed by atoms with van der Waals surface area (Å²) in [6.45, 7) is 8.34. The van der Waals surface area contributed by atoms with Crippen molar-refractivity contribution in [3.8, 4) is 0 Å². The number of nitrogens with one attached hydrogen (secondary N) is 2. The van der Waals surface area contributed by atoms with Gasteiger partial charge < -0.3 is 15.2 Å². The molecule has 0 saturated carbocycles. The number of halogens is 1. The van der Waals surface area contributed by atoms with Crippen LogP contribution in [0.4, 0.5) is 5.69 Å². The molecule has 3 rings (SSSR count). The third-order valence-corrected chi connectivity index (χ3v) is 6.16. The molecule has 3 aromatic rings. The molecule has 0 spiro atoms. The lowest BCUT2D eigenvalue weighted by atomic mass is 10.1. The van der Waals surface area contributed by atoms with Gasteiger partial charge in [0.25, 0.3) is 0 Å². The number of hydrogen-bond acceptors (Lipinski definition) is 5. The zero-order valence-electron chi connectivity index (χ0n) is 19.0. The van der Waals surface area contributed by atoms with Crippen LogP contribution in [0.15, 0.2) is 66.4 Å². The van der Waals surface area contributed by atoms with Crippen LogP contribution < -0.4 is 10.6 Å². The van der Waals surface area contributed by atoms with E-state index >= 15 is 0 Å². The van der Waals surface area contributed by atoms with E-state index in [0.717, 1.165) is 22.4 Å². The molecule has 176 valence electrons. The lowest BCUT2D eigenvalue weighted by molar-refractivity contribution is -0.116. The van der Waals surface area contributed by atoms with E-state index < -0.39 is 0 Å². The Kier molecular flexibility index (Phi) is 9.07. The molecule has 2 aromatic carbocycles. The highest BCUT2D eigenvalue weighted by Gasteiger charge is 2.14. The van der Waals surface area contributed by atoms with Gasteiger partial charge in [0.2, 0.25) is 11.8 Å². The Bertz CT molecular complexity index is 1220. The van der Waals surface area contributed by atoms with E-state index in [1.54, 1.807) is 18.2 Å². The molecule has 0 bridgehead atoms. The van der Waals surface area contributed by atoms with Gasteiger partial charge >= 0.3 is 0 Å². The fourth-order valence-electron chi connectivity index (χ4n) is 3.06. The smallest absolute Gasteiger partial charge is 0.244 e. The fraction of sp³-hybridized carbons (Fsp3) is 0.200. The first-order valence-electron chi connectivity index (χ1n) is 10.6. The topological polar surface area (TPSA) is 88.9 Å². The number of aryl methyl sites for hydroxylation is 2. The van der Waals surface area contributed by atoms with Crippen LogP contribution in [0.3, 0.4) is 0 Å². The Labute approximate surface area is 208 Å². The van der Waals surface area contributed by atoms with Crippen LogP contribution in [0, 0.1) is 13.8 Å². The molecule has 9 heteroatoms. The van der Waals surface area contributed by atoms with Crippen molar-refractivity contribution >= 4 is 46.9 Å². The third-order valence-electron chi connectivity index (χ3n) is 4.84. The maximum atomic E-state index is 12.5. The summed E-state index contributed by atoms with van der Waals surface area (Å²) in [5, 5.41) is 15.2. The lowest BCUT2D eigenvalue weighted by Crippen LogP contribution is -2.23. The van der Waals surface area contributed by atoms with Gasteiger partial charge in [-0.25, -0.2) is 0 Å². The molecule has 0 radical (unpaired) electrons. The molecule has 0 atom stereocenters. The zero-order chi connectivity index (χ0) is 24.5. The van der Waals surface area contributed by atoms with Gasteiger partial charge in [-0.05, 0) is 48.7 Å². The molecule has 0 unspecified atom stereocenters. The van der Waals surface area contributed by atoms with Gasteiger partial charge in [0, 0.05) is 23.3 Å². The van der Waals surface area contributed by atoms with E-state index in [0.29, 0.717) is 22.5 Å². The highest BCUT2D eigenvalue weighted by molar-refractivity contribution is 7.99. The lowest BCUT2D eigenvalue weighted by Gasteiger charge is -2.10. The summed E-state index contributed by atoms with van der Waals surface area (Å²) in [4.78, 5) is 24.7. The Morgan fingerprint density at radius 1 is 1.18 bits per heavy atom. The van der Waals surface area contributed by atoms with Crippen molar-refractivity contribution < 1.29 is 9.59 Å². The van der Waals surface area contributed by atoms with Crippen molar-refractivity contribution in [2.75, 3.05) is 11.1 Å². The van der Waals surface area contributed by atoms with Crippen LogP contribution in [0.2, 0.25) is 5.02 Å². The molecule has 7 nitrogen and oxygen atoms in total.